The zero-order valence-electron chi connectivity index (χ0n) is 11.6. The van der Waals surface area contributed by atoms with Crippen molar-refractivity contribution in [1.29, 1.82) is 0 Å². The molecule has 0 radical (unpaired) electrons. The van der Waals surface area contributed by atoms with E-state index in [0.29, 0.717) is 13.0 Å². The first-order valence-electron chi connectivity index (χ1n) is 6.17. The van der Waals surface area contributed by atoms with Gasteiger partial charge in [0.05, 0.1) is 0 Å². The Morgan fingerprint density at radius 1 is 1.47 bits per heavy atom. The van der Waals surface area contributed by atoms with Gasteiger partial charge in [-0.3, -0.25) is 0 Å². The number of aromatic nitrogens is 1. The van der Waals surface area contributed by atoms with E-state index >= 15 is 0 Å². The number of rotatable bonds is 6. The molecule has 0 aliphatic heterocycles. The second-order valence-electron chi connectivity index (χ2n) is 4.43. The summed E-state index contributed by atoms with van der Waals surface area (Å²) in [5.74, 6) is -1.13. The maximum absolute atomic E-state index is 12.4. The fourth-order valence-corrected chi connectivity index (χ4v) is 3.20. The van der Waals surface area contributed by atoms with Crippen LogP contribution in [0.15, 0.2) is 17.2 Å². The van der Waals surface area contributed by atoms with Gasteiger partial charge in [0, 0.05) is 25.8 Å². The molecular weight excluding hydrogens is 268 g/mol. The van der Waals surface area contributed by atoms with Crippen molar-refractivity contribution >= 4 is 16.0 Å². The van der Waals surface area contributed by atoms with E-state index in [4.69, 9.17) is 5.11 Å². The summed E-state index contributed by atoms with van der Waals surface area (Å²) in [7, 11) is -2.14. The molecule has 19 heavy (non-hydrogen) atoms. The predicted molar refractivity (Wildman–Crippen MR) is 71.8 cm³/mol. The van der Waals surface area contributed by atoms with Crippen molar-refractivity contribution in [1.82, 2.24) is 8.87 Å². The molecule has 0 aliphatic rings. The van der Waals surface area contributed by atoms with Gasteiger partial charge >= 0.3 is 5.97 Å². The molecule has 0 saturated heterocycles. The summed E-state index contributed by atoms with van der Waals surface area (Å²) in [5.41, 5.74) is -0.0152. The average Bonchev–Trinajstić information content (AvgIpc) is 2.81. The Labute approximate surface area is 113 Å². The lowest BCUT2D eigenvalue weighted by molar-refractivity contribution is 0.0685. The molecule has 1 aromatic heterocycles. The molecule has 0 spiro atoms. The van der Waals surface area contributed by atoms with Crippen molar-refractivity contribution in [3.05, 3.63) is 18.0 Å². The van der Waals surface area contributed by atoms with Gasteiger partial charge in [-0.25, -0.2) is 13.2 Å². The fraction of sp³-hybridized carbons (Fsp3) is 0.583. The molecular formula is C12H20N2O4S. The summed E-state index contributed by atoms with van der Waals surface area (Å²) in [5, 5.41) is 9.04. The van der Waals surface area contributed by atoms with E-state index in [1.807, 2.05) is 13.8 Å². The van der Waals surface area contributed by atoms with Gasteiger partial charge in [-0.1, -0.05) is 6.92 Å². The molecule has 0 aliphatic carbocycles. The van der Waals surface area contributed by atoms with Crippen LogP contribution in [-0.2, 0) is 16.6 Å². The Morgan fingerprint density at radius 2 is 2.05 bits per heavy atom. The first-order chi connectivity index (χ1) is 8.75. The van der Waals surface area contributed by atoms with Gasteiger partial charge in [0.1, 0.15) is 10.6 Å². The lowest BCUT2D eigenvalue weighted by Crippen LogP contribution is -2.34. The highest BCUT2D eigenvalue weighted by Gasteiger charge is 2.27. The number of aryl methyl sites for hydroxylation is 1. The van der Waals surface area contributed by atoms with Crippen molar-refractivity contribution in [3.63, 3.8) is 0 Å². The van der Waals surface area contributed by atoms with Crippen molar-refractivity contribution in [2.45, 2.75) is 44.7 Å². The second-order valence-corrected chi connectivity index (χ2v) is 6.43. The molecule has 108 valence electrons. The van der Waals surface area contributed by atoms with Gasteiger partial charge in [0.15, 0.2) is 0 Å². The van der Waals surface area contributed by atoms with Crippen LogP contribution in [0.25, 0.3) is 0 Å². The summed E-state index contributed by atoms with van der Waals surface area (Å²) in [6, 6.07) is 1.07. The summed E-state index contributed by atoms with van der Waals surface area (Å²) >= 11 is 0. The highest BCUT2D eigenvalue weighted by atomic mass is 32.2. The highest BCUT2D eigenvalue weighted by molar-refractivity contribution is 7.89. The zero-order chi connectivity index (χ0) is 14.8. The molecule has 0 aromatic carbocycles. The number of carboxylic acid groups (broad SMARTS) is 1. The average molecular weight is 288 g/mol. The van der Waals surface area contributed by atoms with Gasteiger partial charge in [0.25, 0.3) is 0 Å². The summed E-state index contributed by atoms with van der Waals surface area (Å²) in [6.45, 7) is 5.88. The molecule has 1 rings (SSSR count). The molecule has 1 unspecified atom stereocenters. The molecule has 6 nitrogen and oxygen atoms in total. The van der Waals surface area contributed by atoms with Crippen LogP contribution in [0.4, 0.5) is 0 Å². The molecule has 0 fully saturated rings. The third-order valence-corrected chi connectivity index (χ3v) is 5.26. The third-order valence-electron chi connectivity index (χ3n) is 3.32. The maximum atomic E-state index is 12.4. The largest absolute Gasteiger partial charge is 0.477 e. The Kier molecular flexibility index (Phi) is 4.75. The minimum atomic E-state index is -3.65. The van der Waals surface area contributed by atoms with E-state index in [1.54, 1.807) is 6.92 Å². The summed E-state index contributed by atoms with van der Waals surface area (Å²) in [6.07, 6.45) is 2.06. The Morgan fingerprint density at radius 3 is 2.42 bits per heavy atom. The van der Waals surface area contributed by atoms with Gasteiger partial charge in [-0.15, -0.1) is 0 Å². The highest BCUT2D eigenvalue weighted by Crippen LogP contribution is 2.20. The first kappa shape index (κ1) is 15.7. The van der Waals surface area contributed by atoms with Crippen LogP contribution in [0.3, 0.4) is 0 Å². The van der Waals surface area contributed by atoms with Crippen LogP contribution in [-0.4, -0.2) is 41.5 Å². The predicted octanol–water partition coefficient (Wildman–Crippen LogP) is 1.63. The number of nitrogens with zero attached hydrogens (tertiary/aromatic N) is 2. The Bertz CT molecular complexity index is 562. The number of carbonyl (C=O) groups is 1. The number of hydrogen-bond donors (Lipinski definition) is 1. The van der Waals surface area contributed by atoms with Gasteiger partial charge in [-0.05, 0) is 26.3 Å². The smallest absolute Gasteiger partial charge is 0.352 e. The van der Waals surface area contributed by atoms with E-state index < -0.39 is 16.0 Å². The molecule has 1 heterocycles. The number of aromatic carboxylic acids is 1. The molecule has 0 saturated carbocycles. The lowest BCUT2D eigenvalue weighted by atomic mass is 10.3. The molecule has 1 atom stereocenters. The quantitative estimate of drug-likeness (QED) is 0.862. The minimum absolute atomic E-state index is 0.0152. The fourth-order valence-electron chi connectivity index (χ4n) is 1.73. The molecule has 7 heteroatoms. The van der Waals surface area contributed by atoms with Crippen molar-refractivity contribution in [3.8, 4) is 0 Å². The second kappa shape index (κ2) is 5.75. The van der Waals surface area contributed by atoms with Crippen LogP contribution in [0, 0.1) is 0 Å². The van der Waals surface area contributed by atoms with Crippen LogP contribution < -0.4 is 0 Å². The normalized spacial score (nSPS) is 13.7. The van der Waals surface area contributed by atoms with Gasteiger partial charge in [0.2, 0.25) is 10.0 Å². The monoisotopic (exact) mass is 288 g/mol. The van der Waals surface area contributed by atoms with E-state index in [-0.39, 0.29) is 16.6 Å². The van der Waals surface area contributed by atoms with E-state index in [9.17, 15) is 13.2 Å². The zero-order valence-corrected chi connectivity index (χ0v) is 12.4. The van der Waals surface area contributed by atoms with Crippen LogP contribution in [0.5, 0.6) is 0 Å². The molecule has 1 aromatic rings. The van der Waals surface area contributed by atoms with E-state index in [1.165, 1.54) is 28.2 Å². The van der Waals surface area contributed by atoms with Crippen LogP contribution in [0.2, 0.25) is 0 Å². The third kappa shape index (κ3) is 2.98. The first-order valence-corrected chi connectivity index (χ1v) is 7.61. The van der Waals surface area contributed by atoms with Crippen LogP contribution in [0.1, 0.15) is 37.7 Å². The number of carboxylic acids is 1. The van der Waals surface area contributed by atoms with E-state index in [2.05, 4.69) is 0 Å². The minimum Gasteiger partial charge on any atom is -0.477 e. The summed E-state index contributed by atoms with van der Waals surface area (Å²) in [4.78, 5) is 11.1. The molecule has 1 N–H and O–H groups in total. The summed E-state index contributed by atoms with van der Waals surface area (Å²) < 4.78 is 27.4. The van der Waals surface area contributed by atoms with Crippen molar-refractivity contribution in [2.75, 3.05) is 7.05 Å². The van der Waals surface area contributed by atoms with Gasteiger partial charge < -0.3 is 9.67 Å². The molecule has 0 amide bonds. The van der Waals surface area contributed by atoms with Crippen molar-refractivity contribution < 1.29 is 18.3 Å². The van der Waals surface area contributed by atoms with E-state index in [0.717, 1.165) is 0 Å². The number of hydrogen-bond acceptors (Lipinski definition) is 3. The molecule has 0 bridgehead atoms. The standard InChI is InChI=1S/C12H20N2O4S/c1-5-9(3)13(4)19(17,18)10-7-11(12(15)16)14(6-2)8-10/h7-9H,5-6H2,1-4H3,(H,15,16). The maximum Gasteiger partial charge on any atom is 0.352 e. The topological polar surface area (TPSA) is 79.6 Å². The lowest BCUT2D eigenvalue weighted by Gasteiger charge is -2.22. The Balaban J connectivity index is 3.26. The van der Waals surface area contributed by atoms with Crippen molar-refractivity contribution in [2.24, 2.45) is 0 Å². The number of sulfonamides is 1. The Hall–Kier alpha value is -1.34. The van der Waals surface area contributed by atoms with Gasteiger partial charge in [-0.2, -0.15) is 4.31 Å². The van der Waals surface area contributed by atoms with Crippen LogP contribution >= 0.6 is 0 Å². The SMILES string of the molecule is CCC(C)N(C)S(=O)(=O)c1cc(C(=O)O)n(CC)c1.